The summed E-state index contributed by atoms with van der Waals surface area (Å²) in [7, 11) is 1.52. The van der Waals surface area contributed by atoms with Crippen LogP contribution in [0.3, 0.4) is 0 Å². The summed E-state index contributed by atoms with van der Waals surface area (Å²) in [6.45, 7) is 5.35. The molecule has 1 N–H and O–H groups in total. The number of rotatable bonds is 8. The fourth-order valence-corrected chi connectivity index (χ4v) is 4.13. The van der Waals surface area contributed by atoms with Crippen molar-refractivity contribution in [2.24, 2.45) is 5.16 Å². The van der Waals surface area contributed by atoms with Gasteiger partial charge in [0.1, 0.15) is 7.11 Å². The number of oxime groups is 1. The number of nitrogens with zero attached hydrogens (tertiary/aromatic N) is 3. The molecular formula is C27H28N4O2. The highest BCUT2D eigenvalue weighted by molar-refractivity contribution is 6.09. The second-order valence-electron chi connectivity index (χ2n) is 8.22. The molecule has 0 spiro atoms. The molecule has 0 fully saturated rings. The average molecular weight is 441 g/mol. The summed E-state index contributed by atoms with van der Waals surface area (Å²) in [4.78, 5) is 22.5. The van der Waals surface area contributed by atoms with Crippen molar-refractivity contribution in [3.63, 3.8) is 0 Å². The lowest BCUT2D eigenvalue weighted by atomic mass is 10.0. The van der Waals surface area contributed by atoms with Crippen LogP contribution >= 0.6 is 0 Å². The number of aromatic nitrogens is 2. The molecule has 0 aliphatic rings. The van der Waals surface area contributed by atoms with E-state index in [4.69, 9.17) is 4.84 Å². The second-order valence-corrected chi connectivity index (χ2v) is 8.22. The van der Waals surface area contributed by atoms with Crippen LogP contribution in [-0.4, -0.2) is 28.8 Å². The number of carbonyl (C=O) groups is 1. The minimum absolute atomic E-state index is 0.0855. The van der Waals surface area contributed by atoms with E-state index in [1.165, 1.54) is 12.7 Å². The highest BCUT2D eigenvalue weighted by Crippen LogP contribution is 2.33. The SMILES string of the molecule is CO/N=C/c1ccc2c(C(=O)NCc3cccnc3)c(C(C)C)n(Cc3ccccc3)c2c1. The summed E-state index contributed by atoms with van der Waals surface area (Å²) in [6.07, 6.45) is 5.17. The van der Waals surface area contributed by atoms with Gasteiger partial charge in [-0.15, -0.1) is 0 Å². The largest absolute Gasteiger partial charge is 0.399 e. The summed E-state index contributed by atoms with van der Waals surface area (Å²) in [6, 6.07) is 20.1. The van der Waals surface area contributed by atoms with E-state index in [-0.39, 0.29) is 11.8 Å². The molecule has 0 radical (unpaired) electrons. The molecule has 1 amide bonds. The molecule has 6 nitrogen and oxygen atoms in total. The molecule has 2 aromatic carbocycles. The third-order valence-electron chi connectivity index (χ3n) is 5.57. The van der Waals surface area contributed by atoms with Gasteiger partial charge < -0.3 is 14.7 Å². The molecule has 2 heterocycles. The van der Waals surface area contributed by atoms with Crippen molar-refractivity contribution in [3.8, 4) is 0 Å². The molecule has 4 rings (SSSR count). The van der Waals surface area contributed by atoms with Crippen LogP contribution < -0.4 is 5.32 Å². The average Bonchev–Trinajstić information content (AvgIpc) is 3.16. The van der Waals surface area contributed by atoms with Gasteiger partial charge in [-0.2, -0.15) is 0 Å². The van der Waals surface area contributed by atoms with Gasteiger partial charge in [-0.25, -0.2) is 0 Å². The molecule has 0 saturated carbocycles. The van der Waals surface area contributed by atoms with Crippen molar-refractivity contribution in [1.29, 1.82) is 0 Å². The number of amides is 1. The summed E-state index contributed by atoms with van der Waals surface area (Å²) in [5, 5.41) is 7.92. The van der Waals surface area contributed by atoms with E-state index in [2.05, 4.69) is 52.1 Å². The Morgan fingerprint density at radius 2 is 1.91 bits per heavy atom. The molecular weight excluding hydrogens is 412 g/mol. The van der Waals surface area contributed by atoms with Gasteiger partial charge >= 0.3 is 0 Å². The second kappa shape index (κ2) is 10.1. The summed E-state index contributed by atoms with van der Waals surface area (Å²) in [5.41, 5.74) is 5.77. The maximum atomic E-state index is 13.5. The highest BCUT2D eigenvalue weighted by atomic mass is 16.6. The number of carbonyl (C=O) groups excluding carboxylic acids is 1. The third kappa shape index (κ3) is 4.95. The Kier molecular flexibility index (Phi) is 6.83. The van der Waals surface area contributed by atoms with E-state index < -0.39 is 0 Å². The van der Waals surface area contributed by atoms with E-state index >= 15 is 0 Å². The van der Waals surface area contributed by atoms with Crippen LogP contribution in [0, 0.1) is 0 Å². The van der Waals surface area contributed by atoms with Crippen LogP contribution in [0.2, 0.25) is 0 Å². The minimum Gasteiger partial charge on any atom is -0.399 e. The molecule has 0 unspecified atom stereocenters. The number of nitrogens with one attached hydrogen (secondary N) is 1. The van der Waals surface area contributed by atoms with Crippen LogP contribution in [0.4, 0.5) is 0 Å². The Labute approximate surface area is 193 Å². The molecule has 0 bridgehead atoms. The number of benzene rings is 2. The lowest BCUT2D eigenvalue weighted by Gasteiger charge is -2.16. The van der Waals surface area contributed by atoms with E-state index in [1.807, 2.05) is 42.5 Å². The van der Waals surface area contributed by atoms with Gasteiger partial charge in [-0.05, 0) is 34.7 Å². The van der Waals surface area contributed by atoms with E-state index in [1.54, 1.807) is 18.6 Å². The smallest absolute Gasteiger partial charge is 0.254 e. The first-order chi connectivity index (χ1) is 16.1. The Balaban J connectivity index is 1.82. The first kappa shape index (κ1) is 22.3. The van der Waals surface area contributed by atoms with E-state index in [0.717, 1.165) is 33.3 Å². The highest BCUT2D eigenvalue weighted by Gasteiger charge is 2.24. The van der Waals surface area contributed by atoms with Gasteiger partial charge in [0.15, 0.2) is 0 Å². The zero-order valence-corrected chi connectivity index (χ0v) is 19.2. The van der Waals surface area contributed by atoms with Gasteiger partial charge in [-0.3, -0.25) is 9.78 Å². The van der Waals surface area contributed by atoms with Crippen molar-refractivity contribution < 1.29 is 9.63 Å². The van der Waals surface area contributed by atoms with E-state index in [0.29, 0.717) is 13.1 Å². The van der Waals surface area contributed by atoms with E-state index in [9.17, 15) is 4.79 Å². The lowest BCUT2D eigenvalue weighted by molar-refractivity contribution is 0.0951. The first-order valence-corrected chi connectivity index (χ1v) is 11.0. The Morgan fingerprint density at radius 3 is 2.61 bits per heavy atom. The van der Waals surface area contributed by atoms with Crippen LogP contribution in [0.25, 0.3) is 10.9 Å². The zero-order valence-electron chi connectivity index (χ0n) is 19.2. The van der Waals surface area contributed by atoms with Crippen molar-refractivity contribution in [2.75, 3.05) is 7.11 Å². The van der Waals surface area contributed by atoms with Crippen LogP contribution in [0.5, 0.6) is 0 Å². The maximum Gasteiger partial charge on any atom is 0.254 e. The van der Waals surface area contributed by atoms with Gasteiger partial charge in [0.25, 0.3) is 5.91 Å². The molecule has 4 aromatic rings. The topological polar surface area (TPSA) is 68.5 Å². The van der Waals surface area contributed by atoms with Crippen LogP contribution in [0.1, 0.15) is 52.5 Å². The van der Waals surface area contributed by atoms with Crippen molar-refractivity contribution in [1.82, 2.24) is 14.9 Å². The van der Waals surface area contributed by atoms with Gasteiger partial charge in [-0.1, -0.05) is 67.5 Å². The number of hydrogen-bond donors (Lipinski definition) is 1. The molecule has 0 aliphatic carbocycles. The third-order valence-corrected chi connectivity index (χ3v) is 5.57. The monoisotopic (exact) mass is 440 g/mol. The zero-order chi connectivity index (χ0) is 23.2. The van der Waals surface area contributed by atoms with Gasteiger partial charge in [0.05, 0.1) is 17.3 Å². The summed E-state index contributed by atoms with van der Waals surface area (Å²) < 4.78 is 2.25. The molecule has 0 atom stereocenters. The molecule has 33 heavy (non-hydrogen) atoms. The predicted octanol–water partition coefficient (Wildman–Crippen LogP) is 5.12. The van der Waals surface area contributed by atoms with Crippen LogP contribution in [-0.2, 0) is 17.9 Å². The molecule has 6 heteroatoms. The molecule has 168 valence electrons. The molecule has 0 saturated heterocycles. The van der Waals surface area contributed by atoms with Gasteiger partial charge in [0, 0.05) is 36.6 Å². The standard InChI is InChI=1S/C27H28N4O2/c1-19(2)26-25(27(32)29-16-22-10-7-13-28-15-22)23-12-11-21(17-30-33-3)14-24(23)31(26)18-20-8-5-4-6-9-20/h4-15,17,19H,16,18H2,1-3H3,(H,29,32)/b30-17+. The quantitative estimate of drug-likeness (QED) is 0.305. The minimum atomic E-state index is -0.0855. The lowest BCUT2D eigenvalue weighted by Crippen LogP contribution is -2.24. The number of fused-ring (bicyclic) bond motifs is 1. The van der Waals surface area contributed by atoms with Crippen LogP contribution in [0.15, 0.2) is 78.2 Å². The van der Waals surface area contributed by atoms with Crippen molar-refractivity contribution in [2.45, 2.75) is 32.9 Å². The van der Waals surface area contributed by atoms with Crippen molar-refractivity contribution >= 4 is 23.0 Å². The van der Waals surface area contributed by atoms with Crippen molar-refractivity contribution in [3.05, 3.63) is 101 Å². The molecule has 2 aromatic heterocycles. The Hall–Kier alpha value is -3.93. The fourth-order valence-electron chi connectivity index (χ4n) is 4.13. The summed E-state index contributed by atoms with van der Waals surface area (Å²) >= 11 is 0. The normalized spacial score (nSPS) is 11.4. The van der Waals surface area contributed by atoms with Gasteiger partial charge in [0.2, 0.25) is 0 Å². The Bertz CT molecular complexity index is 1260. The number of pyridine rings is 1. The first-order valence-electron chi connectivity index (χ1n) is 11.0. The Morgan fingerprint density at radius 1 is 1.12 bits per heavy atom. The summed E-state index contributed by atoms with van der Waals surface area (Å²) in [5.74, 6) is 0.0639. The molecule has 0 aliphatic heterocycles. The maximum absolute atomic E-state index is 13.5. The fraction of sp³-hybridized carbons (Fsp3) is 0.222. The predicted molar refractivity (Wildman–Crippen MR) is 132 cm³/mol. The number of hydrogen-bond acceptors (Lipinski definition) is 4.